The maximum absolute atomic E-state index is 13.2. The first-order valence-corrected chi connectivity index (χ1v) is 13.0. The average Bonchev–Trinajstić information content (AvgIpc) is 3.13. The zero-order chi connectivity index (χ0) is 24.2. The van der Waals surface area contributed by atoms with E-state index in [9.17, 15) is 13.2 Å². The van der Waals surface area contributed by atoms with Crippen molar-refractivity contribution in [3.05, 3.63) is 59.3 Å². The maximum atomic E-state index is 13.2. The van der Waals surface area contributed by atoms with E-state index < -0.39 is 10.0 Å². The number of hydrogen-bond donors (Lipinski definition) is 1. The van der Waals surface area contributed by atoms with Gasteiger partial charge in [-0.1, -0.05) is 55.0 Å². The van der Waals surface area contributed by atoms with Crippen molar-refractivity contribution in [3.8, 4) is 16.2 Å². The van der Waals surface area contributed by atoms with E-state index in [0.717, 1.165) is 16.0 Å². The highest BCUT2D eigenvalue weighted by Crippen LogP contribution is 2.37. The molecule has 0 aliphatic heterocycles. The number of amides is 1. The number of rotatable bonds is 9. The molecule has 0 aliphatic rings. The number of thiazole rings is 1. The second kappa shape index (κ2) is 10.5. The van der Waals surface area contributed by atoms with Crippen molar-refractivity contribution in [1.82, 2.24) is 9.29 Å². The fourth-order valence-electron chi connectivity index (χ4n) is 3.61. The summed E-state index contributed by atoms with van der Waals surface area (Å²) < 4.78 is 33.1. The van der Waals surface area contributed by atoms with Crippen LogP contribution in [0.25, 0.3) is 10.4 Å². The zero-order valence-electron chi connectivity index (χ0n) is 19.5. The Kier molecular flexibility index (Phi) is 7.88. The lowest BCUT2D eigenvalue weighted by atomic mass is 10.1. The van der Waals surface area contributed by atoms with Gasteiger partial charge in [0.25, 0.3) is 0 Å². The molecule has 3 aromatic rings. The highest BCUT2D eigenvalue weighted by Gasteiger charge is 2.26. The second-order valence-electron chi connectivity index (χ2n) is 7.60. The lowest BCUT2D eigenvalue weighted by Crippen LogP contribution is -2.30. The molecule has 0 radical (unpaired) electrons. The van der Waals surface area contributed by atoms with E-state index >= 15 is 0 Å². The predicted octanol–water partition coefficient (Wildman–Crippen LogP) is 4.65. The van der Waals surface area contributed by atoms with Gasteiger partial charge in [0.15, 0.2) is 5.13 Å². The number of nitrogens with zero attached hydrogens (tertiary/aromatic N) is 2. The van der Waals surface area contributed by atoms with E-state index in [-0.39, 0.29) is 17.2 Å². The molecule has 0 saturated carbocycles. The van der Waals surface area contributed by atoms with Gasteiger partial charge in [-0.05, 0) is 43.2 Å². The van der Waals surface area contributed by atoms with Gasteiger partial charge in [0.2, 0.25) is 15.9 Å². The van der Waals surface area contributed by atoms with Gasteiger partial charge in [0, 0.05) is 13.1 Å². The molecule has 0 atom stereocenters. The van der Waals surface area contributed by atoms with Gasteiger partial charge in [-0.25, -0.2) is 13.4 Å². The number of nitrogens with one attached hydrogen (secondary N) is 1. The number of benzene rings is 2. The van der Waals surface area contributed by atoms with E-state index in [1.165, 1.54) is 22.8 Å². The van der Waals surface area contributed by atoms with Crippen LogP contribution in [-0.2, 0) is 21.2 Å². The smallest absolute Gasteiger partial charge is 0.246 e. The highest BCUT2D eigenvalue weighted by molar-refractivity contribution is 7.89. The van der Waals surface area contributed by atoms with Crippen LogP contribution in [0.2, 0.25) is 0 Å². The first-order valence-electron chi connectivity index (χ1n) is 10.7. The van der Waals surface area contributed by atoms with Crippen LogP contribution in [0.4, 0.5) is 5.13 Å². The first kappa shape index (κ1) is 24.9. The third-order valence-electron chi connectivity index (χ3n) is 5.24. The first-order chi connectivity index (χ1) is 15.7. The van der Waals surface area contributed by atoms with Gasteiger partial charge in [-0.3, -0.25) is 4.79 Å². The molecule has 0 aliphatic carbocycles. The Labute approximate surface area is 199 Å². The van der Waals surface area contributed by atoms with Crippen LogP contribution in [0.3, 0.4) is 0 Å². The van der Waals surface area contributed by atoms with Gasteiger partial charge in [-0.15, -0.1) is 0 Å². The van der Waals surface area contributed by atoms with Crippen molar-refractivity contribution in [2.24, 2.45) is 0 Å². The zero-order valence-corrected chi connectivity index (χ0v) is 21.1. The number of hydrogen-bond acceptors (Lipinski definition) is 6. The molecule has 9 heteroatoms. The molecule has 2 aromatic carbocycles. The molecule has 176 valence electrons. The molecule has 1 amide bonds. The molecular formula is C24H29N3O4S2. The SMILES string of the molecule is CCN(CC)S(=O)(=O)c1cc(-c2sc(NC(=O)Cc3cccc(C)c3)nc2C)ccc1OC. The lowest BCUT2D eigenvalue weighted by Gasteiger charge is -2.20. The van der Waals surface area contributed by atoms with Crippen molar-refractivity contribution in [3.63, 3.8) is 0 Å². The summed E-state index contributed by atoms with van der Waals surface area (Å²) in [6.45, 7) is 8.16. The molecule has 33 heavy (non-hydrogen) atoms. The minimum atomic E-state index is -3.71. The maximum Gasteiger partial charge on any atom is 0.246 e. The minimum absolute atomic E-state index is 0.115. The fraction of sp³-hybridized carbons (Fsp3) is 0.333. The quantitative estimate of drug-likeness (QED) is 0.475. The summed E-state index contributed by atoms with van der Waals surface area (Å²) in [6, 6.07) is 12.9. The van der Waals surface area contributed by atoms with Gasteiger partial charge in [-0.2, -0.15) is 4.31 Å². The number of carbonyl (C=O) groups excluding carboxylic acids is 1. The summed E-state index contributed by atoms with van der Waals surface area (Å²) in [5.74, 6) is 0.139. The number of aromatic nitrogens is 1. The third-order valence-corrected chi connectivity index (χ3v) is 8.43. The van der Waals surface area contributed by atoms with E-state index in [1.807, 2.05) is 38.1 Å². The Morgan fingerprint density at radius 2 is 1.85 bits per heavy atom. The van der Waals surface area contributed by atoms with E-state index in [4.69, 9.17) is 4.74 Å². The molecule has 0 spiro atoms. The fourth-order valence-corrected chi connectivity index (χ4v) is 6.23. The molecule has 0 unspecified atom stereocenters. The van der Waals surface area contributed by atoms with Crippen molar-refractivity contribution in [2.75, 3.05) is 25.5 Å². The number of carbonyl (C=O) groups is 1. The molecule has 0 saturated heterocycles. The number of anilines is 1. The Morgan fingerprint density at radius 1 is 1.12 bits per heavy atom. The summed E-state index contributed by atoms with van der Waals surface area (Å²) >= 11 is 1.32. The Balaban J connectivity index is 1.89. The second-order valence-corrected chi connectivity index (χ2v) is 10.5. The predicted molar refractivity (Wildman–Crippen MR) is 132 cm³/mol. The normalized spacial score (nSPS) is 11.6. The topological polar surface area (TPSA) is 88.6 Å². The van der Waals surface area contributed by atoms with Crippen molar-refractivity contribution >= 4 is 32.4 Å². The monoisotopic (exact) mass is 487 g/mol. The van der Waals surface area contributed by atoms with Gasteiger partial charge in [0.05, 0.1) is 24.1 Å². The number of sulfonamides is 1. The molecular weight excluding hydrogens is 458 g/mol. The van der Waals surface area contributed by atoms with Crippen LogP contribution in [0.1, 0.15) is 30.7 Å². The Morgan fingerprint density at radius 3 is 2.48 bits per heavy atom. The molecule has 1 heterocycles. The summed E-state index contributed by atoms with van der Waals surface area (Å²) in [7, 11) is -2.26. The van der Waals surface area contributed by atoms with Crippen molar-refractivity contribution in [1.29, 1.82) is 0 Å². The van der Waals surface area contributed by atoms with Crippen LogP contribution < -0.4 is 10.1 Å². The van der Waals surface area contributed by atoms with Crippen LogP contribution in [0, 0.1) is 13.8 Å². The highest BCUT2D eigenvalue weighted by atomic mass is 32.2. The minimum Gasteiger partial charge on any atom is -0.495 e. The van der Waals surface area contributed by atoms with Gasteiger partial charge < -0.3 is 10.1 Å². The Hall–Kier alpha value is -2.75. The Bertz CT molecular complexity index is 1250. The van der Waals surface area contributed by atoms with Gasteiger partial charge >= 0.3 is 0 Å². The molecule has 0 fully saturated rings. The van der Waals surface area contributed by atoms with E-state index in [2.05, 4.69) is 10.3 Å². The molecule has 1 N–H and O–H groups in total. The van der Waals surface area contributed by atoms with Crippen LogP contribution in [-0.4, -0.2) is 43.8 Å². The number of ether oxygens (including phenoxy) is 1. The summed E-state index contributed by atoms with van der Waals surface area (Å²) in [5, 5.41) is 3.34. The summed E-state index contributed by atoms with van der Waals surface area (Å²) in [5.41, 5.74) is 3.45. The van der Waals surface area contributed by atoms with Crippen molar-refractivity contribution < 1.29 is 17.9 Å². The largest absolute Gasteiger partial charge is 0.495 e. The van der Waals surface area contributed by atoms with Gasteiger partial charge in [0.1, 0.15) is 10.6 Å². The summed E-state index contributed by atoms with van der Waals surface area (Å²) in [6.07, 6.45) is 0.254. The number of methoxy groups -OCH3 is 1. The third kappa shape index (κ3) is 5.61. The summed E-state index contributed by atoms with van der Waals surface area (Å²) in [4.78, 5) is 17.9. The molecule has 0 bridgehead atoms. The van der Waals surface area contributed by atoms with Crippen LogP contribution in [0.15, 0.2) is 47.4 Å². The van der Waals surface area contributed by atoms with Crippen LogP contribution in [0.5, 0.6) is 5.75 Å². The molecule has 7 nitrogen and oxygen atoms in total. The van der Waals surface area contributed by atoms with E-state index in [0.29, 0.717) is 35.2 Å². The van der Waals surface area contributed by atoms with Crippen LogP contribution >= 0.6 is 11.3 Å². The van der Waals surface area contributed by atoms with Crippen molar-refractivity contribution in [2.45, 2.75) is 39.0 Å². The number of aryl methyl sites for hydroxylation is 2. The average molecular weight is 488 g/mol. The molecule has 3 rings (SSSR count). The van der Waals surface area contributed by atoms with E-state index in [1.54, 1.807) is 32.0 Å². The standard InChI is InChI=1S/C24H29N3O4S2/c1-6-27(7-2)33(29,30)21-15-19(11-12-20(21)31-5)23-17(4)25-24(32-23)26-22(28)14-18-10-8-9-16(3)13-18/h8-13,15H,6-7,14H2,1-5H3,(H,25,26,28). The molecule has 1 aromatic heterocycles. The lowest BCUT2D eigenvalue weighted by molar-refractivity contribution is -0.115.